The van der Waals surface area contributed by atoms with Gasteiger partial charge in [0.15, 0.2) is 11.5 Å². The van der Waals surface area contributed by atoms with Gasteiger partial charge in [-0.1, -0.05) is 0 Å². The Morgan fingerprint density at radius 2 is 2.06 bits per heavy atom. The zero-order valence-electron chi connectivity index (χ0n) is 8.84. The molecular formula is C11H11NO5. The zero-order chi connectivity index (χ0) is 12.0. The molecular weight excluding hydrogens is 226 g/mol. The maximum absolute atomic E-state index is 11.8. The van der Waals surface area contributed by atoms with E-state index in [0.29, 0.717) is 22.6 Å². The van der Waals surface area contributed by atoms with Crippen LogP contribution < -0.4 is 14.8 Å². The number of amides is 1. The normalized spacial score (nSPS) is 25.4. The van der Waals surface area contributed by atoms with Crippen molar-refractivity contribution < 1.29 is 24.5 Å². The number of aliphatic hydroxyl groups excluding tert-OH is 2. The Labute approximate surface area is 96.8 Å². The molecule has 0 saturated carbocycles. The highest BCUT2D eigenvalue weighted by Crippen LogP contribution is 2.38. The van der Waals surface area contributed by atoms with Gasteiger partial charge in [0, 0.05) is 5.56 Å². The van der Waals surface area contributed by atoms with E-state index in [-0.39, 0.29) is 19.3 Å². The summed E-state index contributed by atoms with van der Waals surface area (Å²) < 4.78 is 10.4. The Morgan fingerprint density at radius 3 is 2.76 bits per heavy atom. The fourth-order valence-corrected chi connectivity index (χ4v) is 2.09. The lowest BCUT2D eigenvalue weighted by Crippen LogP contribution is -2.46. The van der Waals surface area contributed by atoms with Crippen molar-refractivity contribution in [1.82, 2.24) is 5.32 Å². The first-order valence-corrected chi connectivity index (χ1v) is 5.24. The number of hydrogen-bond acceptors (Lipinski definition) is 5. The van der Waals surface area contributed by atoms with Crippen LogP contribution >= 0.6 is 0 Å². The summed E-state index contributed by atoms with van der Waals surface area (Å²) in [6.07, 6.45) is -0.942. The van der Waals surface area contributed by atoms with Gasteiger partial charge in [0.2, 0.25) is 6.79 Å². The molecule has 6 nitrogen and oxygen atoms in total. The topological polar surface area (TPSA) is 88.0 Å². The van der Waals surface area contributed by atoms with Crippen molar-refractivity contribution in [2.24, 2.45) is 0 Å². The Hall–Kier alpha value is -1.79. The minimum Gasteiger partial charge on any atom is -0.454 e. The quantitative estimate of drug-likeness (QED) is 0.616. The van der Waals surface area contributed by atoms with Gasteiger partial charge in [-0.05, 0) is 17.7 Å². The van der Waals surface area contributed by atoms with Crippen LogP contribution in [0.2, 0.25) is 0 Å². The molecule has 2 aliphatic heterocycles. The number of benzene rings is 1. The second-order valence-corrected chi connectivity index (χ2v) is 4.00. The molecule has 1 aromatic carbocycles. The van der Waals surface area contributed by atoms with Gasteiger partial charge < -0.3 is 25.0 Å². The van der Waals surface area contributed by atoms with Crippen LogP contribution in [-0.4, -0.2) is 35.6 Å². The summed E-state index contributed by atoms with van der Waals surface area (Å²) in [7, 11) is 0. The van der Waals surface area contributed by atoms with Crippen LogP contribution in [-0.2, 0) is 0 Å². The fourth-order valence-electron chi connectivity index (χ4n) is 2.09. The van der Waals surface area contributed by atoms with E-state index in [1.165, 1.54) is 0 Å². The van der Waals surface area contributed by atoms with Crippen LogP contribution in [0.25, 0.3) is 0 Å². The van der Waals surface area contributed by atoms with Crippen molar-refractivity contribution in [3.63, 3.8) is 0 Å². The lowest BCUT2D eigenvalue weighted by Gasteiger charge is -2.29. The van der Waals surface area contributed by atoms with Crippen molar-refractivity contribution in [2.45, 2.75) is 12.1 Å². The van der Waals surface area contributed by atoms with E-state index in [2.05, 4.69) is 5.32 Å². The SMILES string of the molecule is O=C1N[C@@H](CO)[C@@H](O)c2cc3c(cc21)OCO3. The van der Waals surface area contributed by atoms with E-state index in [1.54, 1.807) is 12.1 Å². The van der Waals surface area contributed by atoms with Crippen LogP contribution in [0.15, 0.2) is 12.1 Å². The molecule has 0 saturated heterocycles. The van der Waals surface area contributed by atoms with Crippen molar-refractivity contribution in [1.29, 1.82) is 0 Å². The van der Waals surface area contributed by atoms with Crippen LogP contribution in [0, 0.1) is 0 Å². The van der Waals surface area contributed by atoms with Crippen LogP contribution in [0.3, 0.4) is 0 Å². The molecule has 3 rings (SSSR count). The molecule has 90 valence electrons. The number of fused-ring (bicyclic) bond motifs is 2. The number of rotatable bonds is 1. The third-order valence-corrected chi connectivity index (χ3v) is 3.00. The number of ether oxygens (including phenoxy) is 2. The summed E-state index contributed by atoms with van der Waals surface area (Å²) in [6, 6.07) is 2.45. The molecule has 0 radical (unpaired) electrons. The molecule has 2 atom stereocenters. The Bertz CT molecular complexity index is 487. The average molecular weight is 237 g/mol. The first-order chi connectivity index (χ1) is 8.20. The molecule has 1 aromatic rings. The zero-order valence-corrected chi connectivity index (χ0v) is 8.84. The first-order valence-electron chi connectivity index (χ1n) is 5.24. The van der Waals surface area contributed by atoms with Gasteiger partial charge in [-0.15, -0.1) is 0 Å². The van der Waals surface area contributed by atoms with E-state index in [1.807, 2.05) is 0 Å². The van der Waals surface area contributed by atoms with Crippen molar-refractivity contribution in [3.05, 3.63) is 23.3 Å². The minimum absolute atomic E-state index is 0.110. The smallest absolute Gasteiger partial charge is 0.252 e. The lowest BCUT2D eigenvalue weighted by atomic mass is 9.92. The highest BCUT2D eigenvalue weighted by atomic mass is 16.7. The van der Waals surface area contributed by atoms with Gasteiger partial charge in [0.25, 0.3) is 5.91 Å². The van der Waals surface area contributed by atoms with E-state index in [9.17, 15) is 9.90 Å². The van der Waals surface area contributed by atoms with Crippen LogP contribution in [0.1, 0.15) is 22.0 Å². The summed E-state index contributed by atoms with van der Waals surface area (Å²) in [5, 5.41) is 21.6. The van der Waals surface area contributed by atoms with Gasteiger partial charge in [0.05, 0.1) is 12.6 Å². The van der Waals surface area contributed by atoms with Crippen molar-refractivity contribution in [2.75, 3.05) is 13.4 Å². The predicted molar refractivity (Wildman–Crippen MR) is 55.9 cm³/mol. The molecule has 3 N–H and O–H groups in total. The van der Waals surface area contributed by atoms with Gasteiger partial charge in [-0.3, -0.25) is 4.79 Å². The first kappa shape index (κ1) is 10.4. The molecule has 0 spiro atoms. The van der Waals surface area contributed by atoms with Gasteiger partial charge in [-0.2, -0.15) is 0 Å². The van der Waals surface area contributed by atoms with E-state index < -0.39 is 12.1 Å². The maximum Gasteiger partial charge on any atom is 0.252 e. The molecule has 2 aliphatic rings. The Morgan fingerprint density at radius 1 is 1.35 bits per heavy atom. The highest BCUT2D eigenvalue weighted by molar-refractivity contribution is 5.98. The number of carbonyl (C=O) groups is 1. The molecule has 0 aromatic heterocycles. The molecule has 0 aliphatic carbocycles. The summed E-state index contributed by atoms with van der Waals surface area (Å²) in [4.78, 5) is 11.8. The van der Waals surface area contributed by atoms with E-state index >= 15 is 0 Å². The molecule has 0 fully saturated rings. The minimum atomic E-state index is -0.942. The monoisotopic (exact) mass is 237 g/mol. The molecule has 2 heterocycles. The van der Waals surface area contributed by atoms with Crippen LogP contribution in [0.5, 0.6) is 11.5 Å². The van der Waals surface area contributed by atoms with Crippen LogP contribution in [0.4, 0.5) is 0 Å². The fraction of sp³-hybridized carbons (Fsp3) is 0.364. The average Bonchev–Trinajstić information content (AvgIpc) is 2.79. The molecule has 0 unspecified atom stereocenters. The van der Waals surface area contributed by atoms with Gasteiger partial charge in [0.1, 0.15) is 6.10 Å². The van der Waals surface area contributed by atoms with E-state index in [4.69, 9.17) is 14.6 Å². The summed E-state index contributed by atoms with van der Waals surface area (Å²) in [5.74, 6) is 0.672. The highest BCUT2D eigenvalue weighted by Gasteiger charge is 2.34. The second-order valence-electron chi connectivity index (χ2n) is 4.00. The second kappa shape index (κ2) is 3.61. The lowest BCUT2D eigenvalue weighted by molar-refractivity contribution is 0.0624. The third-order valence-electron chi connectivity index (χ3n) is 3.00. The number of nitrogens with one attached hydrogen (secondary N) is 1. The summed E-state index contributed by atoms with van der Waals surface area (Å²) >= 11 is 0. The molecule has 17 heavy (non-hydrogen) atoms. The van der Waals surface area contributed by atoms with Gasteiger partial charge in [-0.25, -0.2) is 0 Å². The number of carbonyl (C=O) groups excluding carboxylic acids is 1. The Kier molecular flexibility index (Phi) is 2.20. The standard InChI is InChI=1S/C11H11NO5/c13-3-7-10(14)5-1-8-9(17-4-16-8)2-6(5)11(15)12-7/h1-2,7,10,13-14H,3-4H2,(H,12,15)/t7-,10-/m0/s1. The van der Waals surface area contributed by atoms with E-state index in [0.717, 1.165) is 0 Å². The molecule has 0 bridgehead atoms. The summed E-state index contributed by atoms with van der Waals surface area (Å²) in [5.41, 5.74) is 0.809. The maximum atomic E-state index is 11.8. The predicted octanol–water partition coefficient (Wildman–Crippen LogP) is -0.447. The number of aliphatic hydroxyl groups is 2. The third kappa shape index (κ3) is 1.45. The molecule has 1 amide bonds. The molecule has 6 heteroatoms. The van der Waals surface area contributed by atoms with Crippen molar-refractivity contribution >= 4 is 5.91 Å². The largest absolute Gasteiger partial charge is 0.454 e. The van der Waals surface area contributed by atoms with Gasteiger partial charge >= 0.3 is 0 Å². The summed E-state index contributed by atoms with van der Waals surface area (Å²) in [6.45, 7) is -0.208. The Balaban J connectivity index is 2.11. The number of hydrogen-bond donors (Lipinski definition) is 3. The van der Waals surface area contributed by atoms with Crippen molar-refractivity contribution in [3.8, 4) is 11.5 Å².